The first kappa shape index (κ1) is 11.2. The predicted octanol–water partition coefficient (Wildman–Crippen LogP) is 2.60. The van der Waals surface area contributed by atoms with Crippen molar-refractivity contribution in [1.82, 2.24) is 0 Å². The minimum Gasteiger partial charge on any atom is -0.324 e. The lowest BCUT2D eigenvalue weighted by molar-refractivity contribution is 0.100. The van der Waals surface area contributed by atoms with Gasteiger partial charge in [-0.25, -0.2) is 0 Å². The van der Waals surface area contributed by atoms with Gasteiger partial charge in [-0.05, 0) is 17.5 Å². The molecule has 0 aromatic heterocycles. The van der Waals surface area contributed by atoms with Gasteiger partial charge in [0, 0.05) is 10.6 Å². The molecule has 2 N–H and O–H groups in total. The summed E-state index contributed by atoms with van der Waals surface area (Å²) in [6.45, 7) is 4.15. The highest BCUT2D eigenvalue weighted by atomic mass is 35.5. The summed E-state index contributed by atoms with van der Waals surface area (Å²) < 4.78 is 0. The lowest BCUT2D eigenvalue weighted by Crippen LogP contribution is -2.13. The van der Waals surface area contributed by atoms with Crippen LogP contribution < -0.4 is 5.73 Å². The number of rotatable bonds is 3. The highest BCUT2D eigenvalue weighted by Gasteiger charge is 2.08. The largest absolute Gasteiger partial charge is 0.324 e. The molecule has 0 aliphatic rings. The van der Waals surface area contributed by atoms with E-state index in [0.29, 0.717) is 16.5 Å². The van der Waals surface area contributed by atoms with Crippen LogP contribution in [0.3, 0.4) is 0 Å². The highest BCUT2D eigenvalue weighted by Crippen LogP contribution is 2.25. The summed E-state index contributed by atoms with van der Waals surface area (Å²) in [7, 11) is 0. The van der Waals surface area contributed by atoms with Gasteiger partial charge in [-0.1, -0.05) is 37.6 Å². The Morgan fingerprint density at radius 1 is 1.50 bits per heavy atom. The zero-order valence-corrected chi connectivity index (χ0v) is 9.14. The van der Waals surface area contributed by atoms with Crippen LogP contribution in [-0.4, -0.2) is 12.3 Å². The predicted molar refractivity (Wildman–Crippen MR) is 58.9 cm³/mol. The van der Waals surface area contributed by atoms with Crippen LogP contribution in [-0.2, 0) is 0 Å². The molecule has 0 atom stereocenters. The molecule has 1 rings (SSSR count). The highest BCUT2D eigenvalue weighted by molar-refractivity contribution is 6.31. The van der Waals surface area contributed by atoms with Crippen molar-refractivity contribution in [3.8, 4) is 0 Å². The molecule has 0 amide bonds. The van der Waals surface area contributed by atoms with Crippen molar-refractivity contribution in [2.45, 2.75) is 19.8 Å². The van der Waals surface area contributed by atoms with E-state index in [1.54, 1.807) is 12.1 Å². The fourth-order valence-electron chi connectivity index (χ4n) is 1.29. The maximum Gasteiger partial charge on any atom is 0.176 e. The minimum atomic E-state index is -0.0813. The molecule has 0 heterocycles. The van der Waals surface area contributed by atoms with Gasteiger partial charge < -0.3 is 5.73 Å². The molecule has 0 radical (unpaired) electrons. The van der Waals surface area contributed by atoms with Crippen molar-refractivity contribution < 1.29 is 4.79 Å². The van der Waals surface area contributed by atoms with Crippen molar-refractivity contribution in [2.75, 3.05) is 6.54 Å². The number of hydrogen-bond acceptors (Lipinski definition) is 2. The van der Waals surface area contributed by atoms with E-state index >= 15 is 0 Å². The molecule has 0 unspecified atom stereocenters. The van der Waals surface area contributed by atoms with Gasteiger partial charge in [0.05, 0.1) is 6.54 Å². The molecular formula is C11H14ClNO. The maximum absolute atomic E-state index is 11.3. The molecule has 1 aromatic carbocycles. The normalized spacial score (nSPS) is 10.6. The summed E-state index contributed by atoms with van der Waals surface area (Å²) in [5, 5.41) is 0.638. The second-order valence-corrected chi connectivity index (χ2v) is 3.93. The SMILES string of the molecule is CC(C)c1ccc(C(=O)CN)cc1Cl. The third-order valence-corrected chi connectivity index (χ3v) is 2.46. The van der Waals surface area contributed by atoms with E-state index in [2.05, 4.69) is 13.8 Å². The topological polar surface area (TPSA) is 43.1 Å². The number of ketones is 1. The molecular weight excluding hydrogens is 198 g/mol. The Morgan fingerprint density at radius 3 is 2.57 bits per heavy atom. The summed E-state index contributed by atoms with van der Waals surface area (Å²) in [5.41, 5.74) is 6.90. The fraction of sp³-hybridized carbons (Fsp3) is 0.364. The van der Waals surface area contributed by atoms with Crippen molar-refractivity contribution in [3.05, 3.63) is 34.3 Å². The van der Waals surface area contributed by atoms with Crippen molar-refractivity contribution >= 4 is 17.4 Å². The van der Waals surface area contributed by atoms with Gasteiger partial charge in [0.25, 0.3) is 0 Å². The van der Waals surface area contributed by atoms with E-state index < -0.39 is 0 Å². The Hall–Kier alpha value is -0.860. The number of nitrogens with two attached hydrogens (primary N) is 1. The summed E-state index contributed by atoms with van der Waals surface area (Å²) >= 11 is 6.03. The number of halogens is 1. The number of carbonyl (C=O) groups excluding carboxylic acids is 1. The first-order chi connectivity index (χ1) is 6.56. The summed E-state index contributed by atoms with van der Waals surface area (Å²) in [5.74, 6) is 0.284. The smallest absolute Gasteiger partial charge is 0.176 e. The van der Waals surface area contributed by atoms with E-state index in [9.17, 15) is 4.79 Å². The van der Waals surface area contributed by atoms with Crippen LogP contribution in [0.15, 0.2) is 18.2 Å². The van der Waals surface area contributed by atoms with Gasteiger partial charge in [-0.2, -0.15) is 0 Å². The summed E-state index contributed by atoms with van der Waals surface area (Å²) in [4.78, 5) is 11.3. The zero-order valence-electron chi connectivity index (χ0n) is 8.38. The molecule has 0 saturated heterocycles. The van der Waals surface area contributed by atoms with Crippen LogP contribution in [0.25, 0.3) is 0 Å². The molecule has 14 heavy (non-hydrogen) atoms. The molecule has 0 fully saturated rings. The lowest BCUT2D eigenvalue weighted by atomic mass is 10.0. The Balaban J connectivity index is 3.06. The average Bonchev–Trinajstić information content (AvgIpc) is 2.15. The van der Waals surface area contributed by atoms with Crippen molar-refractivity contribution in [2.24, 2.45) is 5.73 Å². The monoisotopic (exact) mass is 211 g/mol. The number of benzene rings is 1. The second-order valence-electron chi connectivity index (χ2n) is 3.52. The van der Waals surface area contributed by atoms with E-state index in [4.69, 9.17) is 17.3 Å². The van der Waals surface area contributed by atoms with Gasteiger partial charge in [0.2, 0.25) is 0 Å². The number of Topliss-reactive ketones (excluding diaryl/α,β-unsaturated/α-hetero) is 1. The lowest BCUT2D eigenvalue weighted by Gasteiger charge is -2.08. The van der Waals surface area contributed by atoms with E-state index in [0.717, 1.165) is 5.56 Å². The van der Waals surface area contributed by atoms with Crippen molar-refractivity contribution in [1.29, 1.82) is 0 Å². The zero-order chi connectivity index (χ0) is 10.7. The first-order valence-corrected chi connectivity index (χ1v) is 4.96. The third-order valence-electron chi connectivity index (χ3n) is 2.13. The standard InChI is InChI=1S/C11H14ClNO/c1-7(2)9-4-3-8(5-10(9)12)11(14)6-13/h3-5,7H,6,13H2,1-2H3. The molecule has 1 aromatic rings. The van der Waals surface area contributed by atoms with E-state index in [1.165, 1.54) is 0 Å². The Kier molecular flexibility index (Phi) is 3.67. The fourth-order valence-corrected chi connectivity index (χ4v) is 1.69. The third kappa shape index (κ3) is 2.34. The van der Waals surface area contributed by atoms with Gasteiger partial charge in [-0.15, -0.1) is 0 Å². The van der Waals surface area contributed by atoms with Gasteiger partial charge in [0.1, 0.15) is 0 Å². The molecule has 2 nitrogen and oxygen atoms in total. The van der Waals surface area contributed by atoms with Crippen LogP contribution >= 0.6 is 11.6 Å². The van der Waals surface area contributed by atoms with Gasteiger partial charge in [-0.3, -0.25) is 4.79 Å². The summed E-state index contributed by atoms with van der Waals surface area (Å²) in [6.07, 6.45) is 0. The van der Waals surface area contributed by atoms with Gasteiger partial charge in [0.15, 0.2) is 5.78 Å². The van der Waals surface area contributed by atoms with Crippen LogP contribution in [0.4, 0.5) is 0 Å². The van der Waals surface area contributed by atoms with Crippen molar-refractivity contribution in [3.63, 3.8) is 0 Å². The van der Waals surface area contributed by atoms with Crippen LogP contribution in [0.2, 0.25) is 5.02 Å². The second kappa shape index (κ2) is 4.58. The Bertz CT molecular complexity index is 347. The molecule has 0 aliphatic heterocycles. The molecule has 0 spiro atoms. The van der Waals surface area contributed by atoms with E-state index in [1.807, 2.05) is 6.07 Å². The van der Waals surface area contributed by atoms with Crippen LogP contribution in [0.1, 0.15) is 35.7 Å². The molecule has 0 aliphatic carbocycles. The first-order valence-electron chi connectivity index (χ1n) is 4.59. The quantitative estimate of drug-likeness (QED) is 0.782. The Morgan fingerprint density at radius 2 is 2.14 bits per heavy atom. The molecule has 76 valence electrons. The molecule has 0 bridgehead atoms. The number of hydrogen-bond donors (Lipinski definition) is 1. The van der Waals surface area contributed by atoms with Gasteiger partial charge >= 0.3 is 0 Å². The van der Waals surface area contributed by atoms with Crippen LogP contribution in [0, 0.1) is 0 Å². The Labute approximate surface area is 89.1 Å². The average molecular weight is 212 g/mol. The number of carbonyl (C=O) groups is 1. The molecule has 3 heteroatoms. The summed E-state index contributed by atoms with van der Waals surface area (Å²) in [6, 6.07) is 5.35. The van der Waals surface area contributed by atoms with Crippen LogP contribution in [0.5, 0.6) is 0 Å². The molecule has 0 saturated carbocycles. The van der Waals surface area contributed by atoms with E-state index in [-0.39, 0.29) is 12.3 Å². The maximum atomic E-state index is 11.3. The minimum absolute atomic E-state index is 0.0252.